The lowest BCUT2D eigenvalue weighted by molar-refractivity contribution is -0.197. The maximum Gasteiger partial charge on any atom is 0.334 e. The van der Waals surface area contributed by atoms with E-state index >= 15 is 0 Å². The van der Waals surface area contributed by atoms with Crippen molar-refractivity contribution in [2.24, 2.45) is 5.92 Å². The Morgan fingerprint density at radius 1 is 0.372 bits per heavy atom. The number of hydroxylamine groups is 2. The number of nitrogens with one attached hydrogen (secondary N) is 8. The monoisotopic (exact) mass is 1570 g/mol. The fourth-order valence-corrected chi connectivity index (χ4v) is 12.3. The molecule has 612 valence electrons. The van der Waals surface area contributed by atoms with Crippen molar-refractivity contribution in [3.05, 3.63) is 96.6 Å². The molecule has 0 radical (unpaired) electrons. The highest BCUT2D eigenvalue weighted by Gasteiger charge is 2.33. The molecule has 1 fully saturated rings. The van der Waals surface area contributed by atoms with Crippen LogP contribution in [0, 0.1) is 5.92 Å². The van der Waals surface area contributed by atoms with Gasteiger partial charge in [-0.25, -0.2) is 4.79 Å². The van der Waals surface area contributed by atoms with E-state index in [0.717, 1.165) is 33.9 Å². The first-order valence-corrected chi connectivity index (χ1v) is 39.6. The summed E-state index contributed by atoms with van der Waals surface area (Å²) in [7, 11) is 0. The summed E-state index contributed by atoms with van der Waals surface area (Å²) in [6.07, 6.45) is 15.0. The molecule has 2 atom stereocenters. The summed E-state index contributed by atoms with van der Waals surface area (Å²) in [5.74, 6) is -6.48. The summed E-state index contributed by atoms with van der Waals surface area (Å²) in [5.41, 5.74) is 5.13. The first kappa shape index (κ1) is 92.6. The first-order chi connectivity index (χ1) is 54.5. The second-order valence-electron chi connectivity index (χ2n) is 28.0. The zero-order chi connectivity index (χ0) is 81.8. The van der Waals surface area contributed by atoms with Crippen molar-refractivity contribution in [2.45, 2.75) is 238 Å². The van der Waals surface area contributed by atoms with Crippen LogP contribution in [-0.2, 0) is 99.2 Å². The molecule has 1 saturated heterocycles. The average Bonchev–Trinajstić information content (AvgIpc) is 1.86. The minimum Gasteiger partial charge on any atom is -0.356 e. The summed E-state index contributed by atoms with van der Waals surface area (Å²) in [6, 6.07) is 18.3. The summed E-state index contributed by atoms with van der Waals surface area (Å²) in [4.78, 5) is 235. The van der Waals surface area contributed by atoms with Crippen molar-refractivity contribution in [3.63, 3.8) is 0 Å². The third-order valence-electron chi connectivity index (χ3n) is 18.4. The van der Waals surface area contributed by atoms with Crippen molar-refractivity contribution in [2.75, 3.05) is 45.8 Å². The third-order valence-corrected chi connectivity index (χ3v) is 18.4. The number of pyridine rings is 4. The van der Waals surface area contributed by atoms with Gasteiger partial charge in [0.05, 0.1) is 35.2 Å². The highest BCUT2D eigenvalue weighted by molar-refractivity contribution is 6.01. The number of ketones is 6. The SMILES string of the molecule is CC(=O)NC(CCCCNC(=O)CCCc1ccnc(-c2ccccn2)c1)C(=O)CCCC(=O)CCCC(=O)CCCC(=O)CCCC(=O)CCCC(=O)CC(CCCCNC(=O)CCCc1ccnc(-c2ccccn2)c1)C(=O)NCCC(=O)NCCC(=O)NCCC(=O)NCCC(=O)NCCC(=O)ON1C(=O)CCC1=O. The van der Waals surface area contributed by atoms with Crippen LogP contribution in [0.4, 0.5) is 0 Å². The number of imide groups is 1. The minimum atomic E-state index is -0.876. The van der Waals surface area contributed by atoms with Gasteiger partial charge >= 0.3 is 5.97 Å². The van der Waals surface area contributed by atoms with E-state index in [1.54, 1.807) is 24.8 Å². The van der Waals surface area contributed by atoms with Gasteiger partial charge in [-0.15, -0.1) is 5.06 Å². The second kappa shape index (κ2) is 54.6. The Morgan fingerprint density at radius 3 is 1.16 bits per heavy atom. The van der Waals surface area contributed by atoms with Crippen molar-refractivity contribution in [1.82, 2.24) is 67.5 Å². The number of unbranched alkanes of at least 4 members (excludes halogenated alkanes) is 2. The predicted molar refractivity (Wildman–Crippen MR) is 415 cm³/mol. The number of hydrogen-bond acceptors (Lipinski definition) is 22. The molecule has 31 nitrogen and oxygen atoms in total. The molecular formula is C82H111N13O18. The largest absolute Gasteiger partial charge is 0.356 e. The lowest BCUT2D eigenvalue weighted by Gasteiger charge is -2.17. The van der Waals surface area contributed by atoms with E-state index in [2.05, 4.69) is 62.5 Å². The molecule has 1 aliphatic heterocycles. The standard InChI is InChI=1S/C82H111N13O18/c1-58(96)94-69(31-5-9-47-88-74(104)34-11-18-60-38-49-86-71(56-60)68-30-4-8-45-84-68)72(102)32-16-27-65(100)25-14-23-63(98)21-12-20-62(97)22-13-24-64(99)26-15-28-66(101)57-61(19-2-6-46-87-73(103)33-10-17-59-37-48-85-70(55-59)67-29-3-7-44-83-67)82(112)93-53-42-78(108)91-51-40-76(106)89-50-39-75(105)90-52-41-77(107)92-54-43-81(111)113-95-79(109)35-36-80(95)110/h3-4,7-8,29-30,37-38,44-45,48-49,55-56,61,69H,2,5-6,9-28,31-36,39-43,46-47,50-54,57H2,1H3,(H,87,103)(H,88,104)(H,89,106)(H,90,105)(H,91,108)(H,92,107)(H,93,112)(H,94,96). The molecule has 5 heterocycles. The Bertz CT molecular complexity index is 3800. The number of hydrogen-bond donors (Lipinski definition) is 8. The normalized spacial score (nSPS) is 12.2. The average molecular weight is 1570 g/mol. The van der Waals surface area contributed by atoms with Gasteiger partial charge in [-0.2, -0.15) is 0 Å². The first-order valence-electron chi connectivity index (χ1n) is 39.6. The number of carbonyl (C=O) groups excluding carboxylic acids is 17. The number of aromatic nitrogens is 4. The van der Waals surface area contributed by atoms with Gasteiger partial charge < -0.3 is 47.4 Å². The van der Waals surface area contributed by atoms with Crippen LogP contribution in [-0.4, -0.2) is 177 Å². The summed E-state index contributed by atoms with van der Waals surface area (Å²) in [5, 5.41) is 21.9. The van der Waals surface area contributed by atoms with Crippen LogP contribution in [0.5, 0.6) is 0 Å². The van der Waals surface area contributed by atoms with Gasteiger partial charge in [0, 0.05) is 205 Å². The maximum atomic E-state index is 13.6. The van der Waals surface area contributed by atoms with Crippen molar-refractivity contribution in [3.8, 4) is 22.8 Å². The smallest absolute Gasteiger partial charge is 0.334 e. The second-order valence-corrected chi connectivity index (χ2v) is 28.0. The zero-order valence-corrected chi connectivity index (χ0v) is 65.0. The van der Waals surface area contributed by atoms with Crippen LogP contribution < -0.4 is 42.5 Å². The number of nitrogens with zero attached hydrogens (tertiary/aromatic N) is 5. The Labute approximate surface area is 659 Å². The van der Waals surface area contributed by atoms with Crippen molar-refractivity contribution in [1.29, 1.82) is 0 Å². The quantitative estimate of drug-likeness (QED) is 0.0174. The lowest BCUT2D eigenvalue weighted by Crippen LogP contribution is -2.39. The Balaban J connectivity index is 0.899. The van der Waals surface area contributed by atoms with Crippen molar-refractivity contribution < 1.29 is 86.3 Å². The summed E-state index contributed by atoms with van der Waals surface area (Å²) in [6.45, 7) is 1.83. The number of carbonyl (C=O) groups is 17. The fraction of sp³-hybridized carbons (Fsp3) is 0.549. The Kier molecular flexibility index (Phi) is 44.7. The molecule has 8 N–H and O–H groups in total. The van der Waals surface area contributed by atoms with E-state index < -0.39 is 59.3 Å². The molecule has 1 aliphatic rings. The molecule has 4 aromatic rings. The Hall–Kier alpha value is -11.0. The minimum absolute atomic E-state index is 0.0267. The topological polar surface area (TPSA) is 450 Å². The maximum absolute atomic E-state index is 13.6. The molecule has 31 heteroatoms. The van der Waals surface area contributed by atoms with E-state index in [-0.39, 0.29) is 207 Å². The third kappa shape index (κ3) is 41.7. The van der Waals surface area contributed by atoms with E-state index in [1.807, 2.05) is 60.7 Å². The van der Waals surface area contributed by atoms with E-state index in [9.17, 15) is 81.5 Å². The van der Waals surface area contributed by atoms with Crippen LogP contribution >= 0.6 is 0 Å². The molecule has 10 amide bonds. The van der Waals surface area contributed by atoms with Gasteiger partial charge in [-0.05, 0) is 150 Å². The van der Waals surface area contributed by atoms with Gasteiger partial charge in [0.1, 0.15) is 28.9 Å². The number of amides is 10. The summed E-state index contributed by atoms with van der Waals surface area (Å²) < 4.78 is 0. The predicted octanol–water partition coefficient (Wildman–Crippen LogP) is 6.44. The molecule has 113 heavy (non-hydrogen) atoms. The van der Waals surface area contributed by atoms with E-state index in [4.69, 9.17) is 4.84 Å². The fourth-order valence-electron chi connectivity index (χ4n) is 12.3. The molecule has 2 unspecified atom stereocenters. The van der Waals surface area contributed by atoms with E-state index in [0.29, 0.717) is 121 Å². The van der Waals surface area contributed by atoms with Gasteiger partial charge in [0.25, 0.3) is 11.8 Å². The highest BCUT2D eigenvalue weighted by atomic mass is 16.7. The van der Waals surface area contributed by atoms with Crippen LogP contribution in [0.1, 0.15) is 230 Å². The van der Waals surface area contributed by atoms with Gasteiger partial charge in [0.2, 0.25) is 47.3 Å². The molecule has 0 bridgehead atoms. The van der Waals surface area contributed by atoms with Crippen LogP contribution in [0.2, 0.25) is 0 Å². The molecular weight excluding hydrogens is 1450 g/mol. The zero-order valence-electron chi connectivity index (χ0n) is 65.0. The van der Waals surface area contributed by atoms with Crippen LogP contribution in [0.15, 0.2) is 85.5 Å². The Morgan fingerprint density at radius 2 is 0.743 bits per heavy atom. The number of aryl methyl sites for hydroxylation is 2. The van der Waals surface area contributed by atoms with Gasteiger partial charge in [-0.1, -0.05) is 18.6 Å². The number of rotatable bonds is 61. The molecule has 5 rings (SSSR count). The van der Waals surface area contributed by atoms with Crippen molar-refractivity contribution >= 4 is 99.7 Å². The van der Waals surface area contributed by atoms with Crippen LogP contribution in [0.3, 0.4) is 0 Å². The molecule has 0 aromatic carbocycles. The molecule has 0 saturated carbocycles. The number of Topliss-reactive ketones (excluding diaryl/α,β-unsaturated/α-hetero) is 6. The van der Waals surface area contributed by atoms with E-state index in [1.165, 1.54) is 6.92 Å². The molecule has 0 spiro atoms. The van der Waals surface area contributed by atoms with Gasteiger partial charge in [-0.3, -0.25) is 96.6 Å². The van der Waals surface area contributed by atoms with Crippen LogP contribution in [0.25, 0.3) is 22.8 Å². The highest BCUT2D eigenvalue weighted by Crippen LogP contribution is 2.21. The lowest BCUT2D eigenvalue weighted by atomic mass is 9.93. The molecule has 4 aromatic heterocycles. The molecule has 0 aliphatic carbocycles. The van der Waals surface area contributed by atoms with Gasteiger partial charge in [0.15, 0.2) is 5.78 Å². The summed E-state index contributed by atoms with van der Waals surface area (Å²) >= 11 is 0.